The first-order valence-corrected chi connectivity index (χ1v) is 10.8. The zero-order valence-corrected chi connectivity index (χ0v) is 17.9. The molecule has 1 N–H and O–H groups in total. The topological polar surface area (TPSA) is 58.6 Å². The summed E-state index contributed by atoms with van der Waals surface area (Å²) in [4.78, 5) is 29.2. The number of thiophene rings is 1. The normalized spacial score (nSPS) is 13.9. The number of amides is 2. The molecule has 3 aromatic rings. The Bertz CT molecular complexity index is 1070. The Balaban J connectivity index is 1.75. The van der Waals surface area contributed by atoms with E-state index in [0.717, 1.165) is 21.6 Å². The molecule has 4 rings (SSSR count). The number of nitrogens with one attached hydrogen (secondary N) is 1. The van der Waals surface area contributed by atoms with Crippen molar-refractivity contribution in [3.05, 3.63) is 76.9 Å². The van der Waals surface area contributed by atoms with E-state index in [-0.39, 0.29) is 11.8 Å². The maximum absolute atomic E-state index is 13.4. The molecule has 0 bridgehead atoms. The van der Waals surface area contributed by atoms with Crippen LogP contribution in [0, 0.1) is 13.8 Å². The Kier molecular flexibility index (Phi) is 5.97. The highest BCUT2D eigenvalue weighted by Gasteiger charge is 2.28. The van der Waals surface area contributed by atoms with E-state index in [0.29, 0.717) is 42.4 Å². The van der Waals surface area contributed by atoms with Gasteiger partial charge < -0.3 is 15.0 Å². The van der Waals surface area contributed by atoms with Gasteiger partial charge in [0.05, 0.1) is 18.8 Å². The third-order valence-corrected chi connectivity index (χ3v) is 6.57. The van der Waals surface area contributed by atoms with Crippen LogP contribution in [0.3, 0.4) is 0 Å². The smallest absolute Gasteiger partial charge is 0.257 e. The minimum Gasteiger partial charge on any atom is -0.378 e. The van der Waals surface area contributed by atoms with Gasteiger partial charge in [-0.05, 0) is 36.6 Å². The number of ether oxygens (including phenoxy) is 1. The molecule has 0 atom stereocenters. The zero-order valence-electron chi connectivity index (χ0n) is 17.1. The van der Waals surface area contributed by atoms with Crippen molar-refractivity contribution in [2.45, 2.75) is 13.8 Å². The van der Waals surface area contributed by atoms with Gasteiger partial charge in [0.2, 0.25) is 0 Å². The number of hydrogen-bond donors (Lipinski definition) is 1. The largest absolute Gasteiger partial charge is 0.378 e. The second-order valence-electron chi connectivity index (χ2n) is 7.30. The van der Waals surface area contributed by atoms with Gasteiger partial charge in [0, 0.05) is 23.5 Å². The van der Waals surface area contributed by atoms with Gasteiger partial charge >= 0.3 is 0 Å². The predicted molar refractivity (Wildman–Crippen MR) is 120 cm³/mol. The van der Waals surface area contributed by atoms with E-state index in [1.54, 1.807) is 11.0 Å². The molecule has 0 spiro atoms. The molecule has 1 saturated heterocycles. The molecule has 1 fully saturated rings. The van der Waals surface area contributed by atoms with Crippen LogP contribution >= 0.6 is 11.3 Å². The third-order valence-electron chi connectivity index (χ3n) is 5.31. The SMILES string of the molecule is Cc1ccccc1C(=O)Nc1sc(-c2ccccc2)c(C)c1C(=O)N1CCOCC1. The number of rotatable bonds is 4. The summed E-state index contributed by atoms with van der Waals surface area (Å²) in [6, 6.07) is 17.4. The predicted octanol–water partition coefficient (Wildman–Crippen LogP) is 4.76. The molecule has 1 aliphatic rings. The molecule has 2 heterocycles. The molecule has 0 aliphatic carbocycles. The van der Waals surface area contributed by atoms with Gasteiger partial charge in [0.25, 0.3) is 11.8 Å². The van der Waals surface area contributed by atoms with Crippen LogP contribution in [0.1, 0.15) is 31.8 Å². The lowest BCUT2D eigenvalue weighted by molar-refractivity contribution is 0.0303. The zero-order chi connectivity index (χ0) is 21.1. The fourth-order valence-corrected chi connectivity index (χ4v) is 4.85. The quantitative estimate of drug-likeness (QED) is 0.662. The maximum atomic E-state index is 13.4. The molecule has 30 heavy (non-hydrogen) atoms. The van der Waals surface area contributed by atoms with E-state index in [4.69, 9.17) is 4.74 Å². The number of hydrogen-bond acceptors (Lipinski definition) is 4. The highest BCUT2D eigenvalue weighted by molar-refractivity contribution is 7.20. The van der Waals surface area contributed by atoms with E-state index in [9.17, 15) is 9.59 Å². The summed E-state index contributed by atoms with van der Waals surface area (Å²) in [5, 5.41) is 3.61. The molecule has 0 radical (unpaired) electrons. The number of aryl methyl sites for hydroxylation is 1. The van der Waals surface area contributed by atoms with Crippen LogP contribution in [0.25, 0.3) is 10.4 Å². The van der Waals surface area contributed by atoms with Crippen molar-refractivity contribution in [3.8, 4) is 10.4 Å². The van der Waals surface area contributed by atoms with Gasteiger partial charge in [-0.3, -0.25) is 9.59 Å². The summed E-state index contributed by atoms with van der Waals surface area (Å²) in [6.07, 6.45) is 0. The Morgan fingerprint density at radius 3 is 2.33 bits per heavy atom. The Labute approximate surface area is 180 Å². The van der Waals surface area contributed by atoms with Crippen LogP contribution in [-0.4, -0.2) is 43.0 Å². The number of nitrogens with zero attached hydrogens (tertiary/aromatic N) is 1. The molecule has 1 aromatic heterocycles. The Morgan fingerprint density at radius 2 is 1.63 bits per heavy atom. The van der Waals surface area contributed by atoms with Crippen LogP contribution in [-0.2, 0) is 4.74 Å². The van der Waals surface area contributed by atoms with Crippen molar-refractivity contribution < 1.29 is 14.3 Å². The van der Waals surface area contributed by atoms with Gasteiger partial charge in [-0.15, -0.1) is 11.3 Å². The minimum absolute atomic E-state index is 0.0608. The van der Waals surface area contributed by atoms with Crippen molar-refractivity contribution in [1.29, 1.82) is 0 Å². The molecule has 5 nitrogen and oxygen atoms in total. The average molecular weight is 421 g/mol. The van der Waals surface area contributed by atoms with E-state index in [1.807, 2.05) is 62.4 Å². The summed E-state index contributed by atoms with van der Waals surface area (Å²) < 4.78 is 5.40. The lowest BCUT2D eigenvalue weighted by Crippen LogP contribution is -2.41. The summed E-state index contributed by atoms with van der Waals surface area (Å²) in [5.41, 5.74) is 4.00. The molecule has 0 saturated carbocycles. The van der Waals surface area contributed by atoms with E-state index >= 15 is 0 Å². The third kappa shape index (κ3) is 4.01. The van der Waals surface area contributed by atoms with Crippen molar-refractivity contribution in [2.75, 3.05) is 31.6 Å². The molecule has 0 unspecified atom stereocenters. The maximum Gasteiger partial charge on any atom is 0.257 e. The van der Waals surface area contributed by atoms with Gasteiger partial charge in [0.1, 0.15) is 5.00 Å². The highest BCUT2D eigenvalue weighted by Crippen LogP contribution is 2.40. The molecule has 6 heteroatoms. The molecule has 1 aliphatic heterocycles. The van der Waals surface area contributed by atoms with Crippen molar-refractivity contribution in [2.24, 2.45) is 0 Å². The second kappa shape index (κ2) is 8.81. The lowest BCUT2D eigenvalue weighted by Gasteiger charge is -2.27. The van der Waals surface area contributed by atoms with Crippen molar-refractivity contribution >= 4 is 28.2 Å². The Morgan fingerprint density at radius 1 is 0.967 bits per heavy atom. The second-order valence-corrected chi connectivity index (χ2v) is 8.32. The summed E-state index contributed by atoms with van der Waals surface area (Å²) >= 11 is 1.45. The molecular formula is C24H24N2O3S. The first kappa shape index (κ1) is 20.3. The number of carbonyl (C=O) groups is 2. The lowest BCUT2D eigenvalue weighted by atomic mass is 10.0. The van der Waals surface area contributed by atoms with Crippen LogP contribution in [0.15, 0.2) is 54.6 Å². The standard InChI is InChI=1S/C24H24N2O3S/c1-16-8-6-7-11-19(16)22(27)25-23-20(24(28)26-12-14-29-15-13-26)17(2)21(30-23)18-9-4-3-5-10-18/h3-11H,12-15H2,1-2H3,(H,25,27). The molecule has 2 aromatic carbocycles. The fraction of sp³-hybridized carbons (Fsp3) is 0.250. The first-order chi connectivity index (χ1) is 14.6. The number of benzene rings is 2. The van der Waals surface area contributed by atoms with E-state index < -0.39 is 0 Å². The molecular weight excluding hydrogens is 396 g/mol. The van der Waals surface area contributed by atoms with Crippen LogP contribution in [0.4, 0.5) is 5.00 Å². The highest BCUT2D eigenvalue weighted by atomic mass is 32.1. The molecule has 154 valence electrons. The number of carbonyl (C=O) groups excluding carboxylic acids is 2. The number of anilines is 1. The van der Waals surface area contributed by atoms with Crippen LogP contribution in [0.2, 0.25) is 0 Å². The minimum atomic E-state index is -0.204. The van der Waals surface area contributed by atoms with Crippen LogP contribution in [0.5, 0.6) is 0 Å². The van der Waals surface area contributed by atoms with Gasteiger partial charge in [0.15, 0.2) is 0 Å². The molecule has 2 amide bonds. The van der Waals surface area contributed by atoms with Gasteiger partial charge in [-0.2, -0.15) is 0 Å². The average Bonchev–Trinajstić information content (AvgIpc) is 3.10. The van der Waals surface area contributed by atoms with Crippen molar-refractivity contribution in [1.82, 2.24) is 4.90 Å². The van der Waals surface area contributed by atoms with Crippen molar-refractivity contribution in [3.63, 3.8) is 0 Å². The van der Waals surface area contributed by atoms with Gasteiger partial charge in [-0.25, -0.2) is 0 Å². The summed E-state index contributed by atoms with van der Waals surface area (Å²) in [6.45, 7) is 6.04. The summed E-state index contributed by atoms with van der Waals surface area (Å²) in [5.74, 6) is -0.265. The van der Waals surface area contributed by atoms with Gasteiger partial charge in [-0.1, -0.05) is 48.5 Å². The number of morpholine rings is 1. The van der Waals surface area contributed by atoms with E-state index in [1.165, 1.54) is 11.3 Å². The first-order valence-electron chi connectivity index (χ1n) is 9.99. The van der Waals surface area contributed by atoms with E-state index in [2.05, 4.69) is 5.32 Å². The fourth-order valence-electron chi connectivity index (χ4n) is 3.65. The summed E-state index contributed by atoms with van der Waals surface area (Å²) in [7, 11) is 0. The van der Waals surface area contributed by atoms with Crippen LogP contribution < -0.4 is 5.32 Å². The Hall–Kier alpha value is -2.96. The monoisotopic (exact) mass is 420 g/mol.